The number of phosphoric ester groups is 2. The van der Waals surface area contributed by atoms with Gasteiger partial charge in [-0.15, -0.1) is 0 Å². The number of anilines is 1. The van der Waals surface area contributed by atoms with Crippen molar-refractivity contribution in [2.75, 3.05) is 18.9 Å². The molecule has 25 nitrogen and oxygen atoms in total. The average Bonchev–Trinajstić information content (AvgIpc) is 3.69. The van der Waals surface area contributed by atoms with Crippen LogP contribution >= 0.6 is 15.6 Å². The Hall–Kier alpha value is -4.20. The first-order valence-corrected chi connectivity index (χ1v) is 17.6. The lowest BCUT2D eigenvalue weighted by Gasteiger charge is -2.39. The number of rotatable bonds is 11. The molecule has 282 valence electrons. The number of hydrogen-bond donors (Lipinski definition) is 8. The molecule has 0 saturated carbocycles. The predicted molar refractivity (Wildman–Crippen MR) is 161 cm³/mol. The number of aromatic nitrogens is 4. The van der Waals surface area contributed by atoms with E-state index in [0.717, 1.165) is 17.2 Å². The molecule has 2 saturated heterocycles. The molecule has 1 amide bonds. The zero-order valence-electron chi connectivity index (χ0n) is 26.0. The number of carbonyl (C=O) groups is 3. The summed E-state index contributed by atoms with van der Waals surface area (Å²) in [5.41, 5.74) is 11.1. The van der Waals surface area contributed by atoms with E-state index < -0.39 is 95.2 Å². The van der Waals surface area contributed by atoms with E-state index in [4.69, 9.17) is 39.5 Å². The molecule has 4 aliphatic heterocycles. The number of allylic oxidation sites excluding steroid dienone is 1. The van der Waals surface area contributed by atoms with Gasteiger partial charge in [0.05, 0.1) is 12.9 Å². The van der Waals surface area contributed by atoms with E-state index in [2.05, 4.69) is 19.3 Å². The summed E-state index contributed by atoms with van der Waals surface area (Å²) in [5, 5.41) is 43.7. The smallest absolute Gasteiger partial charge is 0.420 e. The minimum Gasteiger partial charge on any atom is -0.420 e. The fourth-order valence-corrected chi connectivity index (χ4v) is 7.56. The number of nitrogens with zero attached hydrogens (tertiary/aromatic N) is 5. The highest BCUT2D eigenvalue weighted by Crippen LogP contribution is 2.61. The number of aliphatic hydroxyl groups excluding tert-OH is 3. The number of nitrogen functional groups attached to an aromatic ring is 1. The third-order valence-electron chi connectivity index (χ3n) is 7.96. The zero-order valence-corrected chi connectivity index (χ0v) is 27.8. The largest absolute Gasteiger partial charge is 0.481 e. The Bertz CT molecular complexity index is 1980. The van der Waals surface area contributed by atoms with Crippen LogP contribution in [0.3, 0.4) is 0 Å². The van der Waals surface area contributed by atoms with E-state index in [1.165, 1.54) is 23.4 Å². The molecule has 0 bridgehead atoms. The molecule has 0 spiro atoms. The first-order valence-electron chi connectivity index (χ1n) is 14.6. The lowest BCUT2D eigenvalue weighted by Crippen LogP contribution is -2.63. The number of carbonyl (C=O) groups excluding carboxylic acids is 3. The van der Waals surface area contributed by atoms with Gasteiger partial charge in [-0.2, -0.15) is 4.31 Å². The van der Waals surface area contributed by atoms with Crippen molar-refractivity contribution in [2.24, 2.45) is 5.73 Å². The SMILES string of the molecule is NC(=O)C1=CN([C@@H]2O[C@H](COP(=O)(O)OP(=O)(O)OC[C@@]34OC(=O)/C=C\C(=O)O[C@@]3(O)[C@H](O)[C@H](n3cnc5c(N)ncnc53)O4)[C@@H](O)[C@H]2O)C=CC1. The van der Waals surface area contributed by atoms with Gasteiger partial charge in [-0.25, -0.2) is 33.7 Å². The quantitative estimate of drug-likeness (QED) is 0.0815. The van der Waals surface area contributed by atoms with Crippen molar-refractivity contribution in [1.82, 2.24) is 24.4 Å². The highest BCUT2D eigenvalue weighted by atomic mass is 31.3. The molecule has 4 aliphatic rings. The monoisotopic (exact) mass is 777 g/mol. The summed E-state index contributed by atoms with van der Waals surface area (Å²) in [7, 11) is -11.5. The molecule has 52 heavy (non-hydrogen) atoms. The minimum absolute atomic E-state index is 0.0135. The maximum absolute atomic E-state index is 12.9. The molecule has 10 atom stereocenters. The van der Waals surface area contributed by atoms with Crippen LogP contribution in [0.25, 0.3) is 11.2 Å². The van der Waals surface area contributed by atoms with Gasteiger partial charge in [0.1, 0.15) is 36.8 Å². The first kappa shape index (κ1) is 37.6. The van der Waals surface area contributed by atoms with Crippen LogP contribution in [-0.2, 0) is 55.8 Å². The van der Waals surface area contributed by atoms with Crippen molar-refractivity contribution in [1.29, 1.82) is 0 Å². The summed E-state index contributed by atoms with van der Waals surface area (Å²) < 4.78 is 61.6. The standard InChI is InChI=1S/C25H29N7O18P2/c26-19-15-21(29-9-28-19)32(10-30-15)23-18(37)25(39)24(49-23,47-13(33)3-4-14(34)48-25)8-45-52(42,43)50-51(40,41)44-7-12-16(35)17(36)22(46-12)31-5-1-2-11(6-31)20(27)38/h1,3-6,9-10,12,16-18,22-23,35-37,39H,2,7-8H2,(H2,27,38)(H,40,41)(H,42,43)(H2,26,28,29)/b4-3-/t12-,16-,17-,18-,22-,23-,24+,25+/m1/s1. The summed E-state index contributed by atoms with van der Waals surface area (Å²) in [6.45, 7) is -2.66. The van der Waals surface area contributed by atoms with Gasteiger partial charge in [-0.3, -0.25) is 18.4 Å². The Morgan fingerprint density at radius 1 is 1.02 bits per heavy atom. The molecule has 2 aromatic rings. The molecule has 10 N–H and O–H groups in total. The first-order chi connectivity index (χ1) is 24.4. The molecule has 0 aromatic carbocycles. The van der Waals surface area contributed by atoms with E-state index in [9.17, 15) is 53.7 Å². The summed E-state index contributed by atoms with van der Waals surface area (Å²) in [4.78, 5) is 70.1. The molecule has 6 heterocycles. The fraction of sp³-hybridized carbons (Fsp3) is 0.440. The van der Waals surface area contributed by atoms with Crippen molar-refractivity contribution >= 4 is 50.5 Å². The van der Waals surface area contributed by atoms with Crippen LogP contribution in [-0.4, -0.2) is 128 Å². The second-order valence-corrected chi connectivity index (χ2v) is 14.4. The maximum Gasteiger partial charge on any atom is 0.481 e. The molecular weight excluding hydrogens is 748 g/mol. The average molecular weight is 777 g/mol. The fourth-order valence-electron chi connectivity index (χ4n) is 5.47. The van der Waals surface area contributed by atoms with E-state index in [0.29, 0.717) is 12.2 Å². The molecule has 0 radical (unpaired) electrons. The van der Waals surface area contributed by atoms with Gasteiger partial charge in [0.25, 0.3) is 0 Å². The number of aliphatic hydroxyl groups is 4. The summed E-state index contributed by atoms with van der Waals surface area (Å²) in [6, 6.07) is 0. The number of imidazole rings is 1. The van der Waals surface area contributed by atoms with Crippen LogP contribution in [0.1, 0.15) is 12.6 Å². The van der Waals surface area contributed by atoms with Crippen molar-refractivity contribution in [3.8, 4) is 0 Å². The van der Waals surface area contributed by atoms with Crippen LogP contribution in [0.4, 0.5) is 5.82 Å². The van der Waals surface area contributed by atoms with Crippen molar-refractivity contribution in [2.45, 2.75) is 54.9 Å². The Morgan fingerprint density at radius 2 is 1.71 bits per heavy atom. The number of amides is 1. The lowest BCUT2D eigenvalue weighted by molar-refractivity contribution is -0.356. The number of hydrogen-bond acceptors (Lipinski definition) is 21. The van der Waals surface area contributed by atoms with Gasteiger partial charge in [0.2, 0.25) is 5.91 Å². The Morgan fingerprint density at radius 3 is 2.42 bits per heavy atom. The van der Waals surface area contributed by atoms with Crippen LogP contribution in [0.15, 0.2) is 48.9 Å². The second kappa shape index (κ2) is 13.7. The summed E-state index contributed by atoms with van der Waals surface area (Å²) in [6.07, 6.45) is -3.15. The van der Waals surface area contributed by atoms with Crippen molar-refractivity contribution in [3.63, 3.8) is 0 Å². The van der Waals surface area contributed by atoms with E-state index in [1.807, 2.05) is 0 Å². The predicted octanol–water partition coefficient (Wildman–Crippen LogP) is -3.37. The lowest BCUT2D eigenvalue weighted by atomic mass is 10.0. The summed E-state index contributed by atoms with van der Waals surface area (Å²) >= 11 is 0. The normalized spacial score (nSPS) is 34.7. The Kier molecular flexibility index (Phi) is 9.86. The molecule has 2 unspecified atom stereocenters. The maximum atomic E-state index is 12.9. The second-order valence-electron chi connectivity index (χ2n) is 11.4. The molecule has 2 aromatic heterocycles. The number of primary amides is 1. The van der Waals surface area contributed by atoms with E-state index in [1.54, 1.807) is 0 Å². The summed E-state index contributed by atoms with van der Waals surface area (Å²) in [5.74, 6) is -10.3. The van der Waals surface area contributed by atoms with Crippen molar-refractivity contribution < 1.29 is 86.0 Å². The molecular formula is C25H29N7O18P2. The Labute approximate surface area is 289 Å². The van der Waals surface area contributed by atoms with Gasteiger partial charge in [-0.05, 0) is 6.42 Å². The molecule has 27 heteroatoms. The van der Waals surface area contributed by atoms with Crippen LogP contribution in [0, 0.1) is 0 Å². The number of phosphoric acid groups is 2. The third kappa shape index (κ3) is 6.97. The molecule has 0 aliphatic carbocycles. The highest BCUT2D eigenvalue weighted by Gasteiger charge is 2.73. The number of fused-ring (bicyclic) bond motifs is 2. The number of nitrogens with two attached hydrogens (primary N) is 2. The van der Waals surface area contributed by atoms with Crippen LogP contribution in [0.5, 0.6) is 0 Å². The van der Waals surface area contributed by atoms with Gasteiger partial charge < -0.3 is 65.5 Å². The number of ether oxygens (including phenoxy) is 4. The van der Waals surface area contributed by atoms with Gasteiger partial charge in [-0.1, -0.05) is 6.08 Å². The van der Waals surface area contributed by atoms with Gasteiger partial charge >= 0.3 is 39.2 Å². The topological polar surface area (TPSA) is 370 Å². The molecule has 2 fully saturated rings. The highest BCUT2D eigenvalue weighted by molar-refractivity contribution is 7.61. The number of esters is 2. The minimum atomic E-state index is -5.85. The van der Waals surface area contributed by atoms with Crippen LogP contribution in [0.2, 0.25) is 0 Å². The van der Waals surface area contributed by atoms with Crippen molar-refractivity contribution in [3.05, 3.63) is 48.9 Å². The van der Waals surface area contributed by atoms with Gasteiger partial charge in [0.15, 0.2) is 30.0 Å². The van der Waals surface area contributed by atoms with E-state index in [-0.39, 0.29) is 29.0 Å². The van der Waals surface area contributed by atoms with Gasteiger partial charge in [0, 0.05) is 30.1 Å². The Balaban J connectivity index is 1.17. The third-order valence-corrected chi connectivity index (χ3v) is 10.5. The molecule has 6 rings (SSSR count). The zero-order chi connectivity index (χ0) is 37.8. The van der Waals surface area contributed by atoms with E-state index >= 15 is 0 Å². The van der Waals surface area contributed by atoms with Crippen LogP contribution < -0.4 is 11.5 Å².